The second kappa shape index (κ2) is 18.1. The Kier molecular flexibility index (Phi) is 12.6. The molecular formula is C37H39Cl2N13O7. The molecule has 7 rings (SSSR count). The average molecular weight is 849 g/mol. The van der Waals surface area contributed by atoms with Crippen LogP contribution in [0.5, 0.6) is 0 Å². The first kappa shape index (κ1) is 41.0. The second-order valence-corrected chi connectivity index (χ2v) is 14.3. The number of ether oxygens (including phenoxy) is 2. The van der Waals surface area contributed by atoms with Crippen LogP contribution in [0.2, 0.25) is 10.2 Å². The first-order valence-corrected chi connectivity index (χ1v) is 19.3. The number of pyridine rings is 1. The van der Waals surface area contributed by atoms with Crippen LogP contribution in [-0.4, -0.2) is 120 Å². The van der Waals surface area contributed by atoms with Crippen molar-refractivity contribution in [2.24, 2.45) is 0 Å². The van der Waals surface area contributed by atoms with Crippen molar-refractivity contribution in [3.8, 4) is 5.82 Å². The fourth-order valence-corrected chi connectivity index (χ4v) is 7.16. The Morgan fingerprint density at radius 3 is 2.54 bits per heavy atom. The number of piperidine rings is 1. The molecule has 6 amide bonds. The van der Waals surface area contributed by atoms with Gasteiger partial charge in [0.2, 0.25) is 17.7 Å². The maximum atomic E-state index is 13.3. The number of hydrogen-bond donors (Lipinski definition) is 4. The first-order chi connectivity index (χ1) is 28.5. The molecule has 2 aliphatic heterocycles. The van der Waals surface area contributed by atoms with Gasteiger partial charge in [-0.1, -0.05) is 29.3 Å². The number of carbonyl (C=O) groups is 5. The summed E-state index contributed by atoms with van der Waals surface area (Å²) in [5, 5.41) is 23.8. The topological polar surface area (TPSA) is 232 Å². The van der Waals surface area contributed by atoms with Crippen LogP contribution in [0.1, 0.15) is 53.8 Å². The second-order valence-electron chi connectivity index (χ2n) is 13.5. The van der Waals surface area contributed by atoms with Crippen LogP contribution in [0.3, 0.4) is 0 Å². The van der Waals surface area contributed by atoms with Crippen LogP contribution < -0.4 is 21.3 Å². The number of rotatable bonds is 16. The van der Waals surface area contributed by atoms with Crippen LogP contribution in [0.15, 0.2) is 55.1 Å². The van der Waals surface area contributed by atoms with Gasteiger partial charge in [-0.05, 0) is 31.5 Å². The van der Waals surface area contributed by atoms with E-state index in [9.17, 15) is 24.0 Å². The molecule has 5 aromatic rings. The minimum absolute atomic E-state index is 0.0746. The average Bonchev–Trinajstić information content (AvgIpc) is 3.96. The molecule has 6 heterocycles. The number of anilines is 3. The van der Waals surface area contributed by atoms with E-state index >= 15 is 0 Å². The van der Waals surface area contributed by atoms with Gasteiger partial charge >= 0.3 is 6.03 Å². The van der Waals surface area contributed by atoms with Gasteiger partial charge < -0.3 is 35.2 Å². The van der Waals surface area contributed by atoms with Crippen molar-refractivity contribution < 1.29 is 33.4 Å². The molecule has 20 nitrogen and oxygen atoms in total. The highest BCUT2D eigenvalue weighted by atomic mass is 35.5. The third-order valence-corrected chi connectivity index (χ3v) is 10.2. The number of nitrogens with zero attached hydrogens (tertiary/aromatic N) is 9. The summed E-state index contributed by atoms with van der Waals surface area (Å²) in [6, 6.07) is 6.53. The van der Waals surface area contributed by atoms with Crippen molar-refractivity contribution >= 4 is 75.6 Å². The monoisotopic (exact) mass is 847 g/mol. The zero-order valence-electron chi connectivity index (χ0n) is 31.9. The van der Waals surface area contributed by atoms with E-state index in [0.717, 1.165) is 11.3 Å². The number of benzene rings is 1. The SMILES string of the molecule is CC(c1c(NC(=O)Nc2cnc(-n3nccn3)c(Cl)c2)cnc2cc(Cl)nn12)N(C)C(=O)CCOCCOCCNc1cccc2c1CN(C1CCC(=O)NC1=O)C2=O. The predicted molar refractivity (Wildman–Crippen MR) is 213 cm³/mol. The van der Waals surface area contributed by atoms with Crippen molar-refractivity contribution in [3.63, 3.8) is 0 Å². The van der Waals surface area contributed by atoms with Crippen molar-refractivity contribution in [3.05, 3.63) is 82.1 Å². The number of fused-ring (bicyclic) bond motifs is 2. The molecule has 1 fully saturated rings. The highest BCUT2D eigenvalue weighted by Gasteiger charge is 2.39. The van der Waals surface area contributed by atoms with E-state index in [-0.39, 0.29) is 78.6 Å². The number of aromatic nitrogens is 7. The van der Waals surface area contributed by atoms with Crippen molar-refractivity contribution in [2.75, 3.05) is 56.0 Å². The van der Waals surface area contributed by atoms with Gasteiger partial charge in [0.15, 0.2) is 16.6 Å². The van der Waals surface area contributed by atoms with Crippen molar-refractivity contribution in [2.45, 2.75) is 44.8 Å². The lowest BCUT2D eigenvalue weighted by Crippen LogP contribution is -2.52. The minimum atomic E-state index is -0.685. The molecule has 4 aromatic heterocycles. The number of amides is 6. The van der Waals surface area contributed by atoms with Gasteiger partial charge in [-0.2, -0.15) is 15.3 Å². The summed E-state index contributed by atoms with van der Waals surface area (Å²) in [6.07, 6.45) is 6.39. The number of nitrogens with one attached hydrogen (secondary N) is 4. The van der Waals surface area contributed by atoms with E-state index in [1.165, 1.54) is 50.0 Å². The van der Waals surface area contributed by atoms with Crippen LogP contribution in [0.4, 0.5) is 21.9 Å². The predicted octanol–water partition coefficient (Wildman–Crippen LogP) is 3.47. The van der Waals surface area contributed by atoms with Gasteiger partial charge in [-0.15, -0.1) is 4.80 Å². The minimum Gasteiger partial charge on any atom is -0.382 e. The van der Waals surface area contributed by atoms with Crippen LogP contribution in [0.25, 0.3) is 11.5 Å². The Balaban J connectivity index is 0.857. The Labute approximate surface area is 346 Å². The molecule has 1 aromatic carbocycles. The third-order valence-electron chi connectivity index (χ3n) is 9.77. The molecule has 0 radical (unpaired) electrons. The maximum Gasteiger partial charge on any atom is 0.323 e. The Morgan fingerprint density at radius 2 is 1.78 bits per heavy atom. The number of hydrogen-bond acceptors (Lipinski definition) is 13. The number of halogens is 2. The van der Waals surface area contributed by atoms with Gasteiger partial charge in [0.1, 0.15) is 6.04 Å². The maximum absolute atomic E-state index is 13.3. The molecule has 0 saturated carbocycles. The van der Waals surface area contributed by atoms with E-state index < -0.39 is 24.0 Å². The summed E-state index contributed by atoms with van der Waals surface area (Å²) < 4.78 is 12.9. The highest BCUT2D eigenvalue weighted by Crippen LogP contribution is 2.33. The van der Waals surface area contributed by atoms with Crippen LogP contribution in [-0.2, 0) is 30.4 Å². The zero-order valence-corrected chi connectivity index (χ0v) is 33.4. The molecule has 2 atom stereocenters. The van der Waals surface area contributed by atoms with Gasteiger partial charge in [0.05, 0.1) is 85.8 Å². The van der Waals surface area contributed by atoms with Gasteiger partial charge in [0.25, 0.3) is 5.91 Å². The lowest BCUT2D eigenvalue weighted by Gasteiger charge is -2.29. The van der Waals surface area contributed by atoms with Gasteiger partial charge in [0, 0.05) is 49.4 Å². The molecule has 59 heavy (non-hydrogen) atoms. The third kappa shape index (κ3) is 9.25. The first-order valence-electron chi connectivity index (χ1n) is 18.5. The van der Waals surface area contributed by atoms with E-state index in [0.29, 0.717) is 42.2 Å². The quantitative estimate of drug-likeness (QED) is 0.0824. The molecule has 2 unspecified atom stereocenters. The fraction of sp³-hybridized carbons (Fsp3) is 0.351. The summed E-state index contributed by atoms with van der Waals surface area (Å²) in [5.41, 5.74) is 3.53. The number of carbonyl (C=O) groups excluding carboxylic acids is 5. The largest absolute Gasteiger partial charge is 0.382 e. The summed E-state index contributed by atoms with van der Waals surface area (Å²) in [7, 11) is 1.64. The Morgan fingerprint density at radius 1 is 1.00 bits per heavy atom. The lowest BCUT2D eigenvalue weighted by atomic mass is 10.0. The van der Waals surface area contributed by atoms with E-state index in [4.69, 9.17) is 32.7 Å². The number of urea groups is 1. The molecule has 1 saturated heterocycles. The van der Waals surface area contributed by atoms with E-state index in [1.807, 2.05) is 6.07 Å². The molecule has 4 N–H and O–H groups in total. The zero-order chi connectivity index (χ0) is 41.6. The fourth-order valence-electron chi connectivity index (χ4n) is 6.74. The molecule has 2 aliphatic rings. The summed E-state index contributed by atoms with van der Waals surface area (Å²) in [6.45, 7) is 3.55. The molecule has 0 aliphatic carbocycles. The molecule has 0 bridgehead atoms. The van der Waals surface area contributed by atoms with Gasteiger partial charge in [-0.25, -0.2) is 19.3 Å². The molecule has 0 spiro atoms. The van der Waals surface area contributed by atoms with E-state index in [1.54, 1.807) is 32.2 Å². The molecular weight excluding hydrogens is 809 g/mol. The summed E-state index contributed by atoms with van der Waals surface area (Å²) >= 11 is 12.6. The van der Waals surface area contributed by atoms with Gasteiger partial charge in [-0.3, -0.25) is 24.5 Å². The summed E-state index contributed by atoms with van der Waals surface area (Å²) in [4.78, 5) is 76.4. The van der Waals surface area contributed by atoms with Crippen LogP contribution >= 0.6 is 23.2 Å². The Hall–Kier alpha value is -6.22. The molecule has 308 valence electrons. The normalized spacial score (nSPS) is 15.6. The molecule has 22 heteroatoms. The van der Waals surface area contributed by atoms with E-state index in [2.05, 4.69) is 46.5 Å². The lowest BCUT2D eigenvalue weighted by molar-refractivity contribution is -0.137. The van der Waals surface area contributed by atoms with Crippen molar-refractivity contribution in [1.82, 2.24) is 49.7 Å². The summed E-state index contributed by atoms with van der Waals surface area (Å²) in [5.74, 6) is -0.958. The highest BCUT2D eigenvalue weighted by molar-refractivity contribution is 6.32. The standard InChI is InChI=1S/C37H39Cl2N13O7/c1-21(33-27(19-41-30-17-29(39)48-51(30)33)46-37(57)45-22-16-25(38)34(42-18-22)52-43-9-10-44-52)49(2)32(54)8-12-58-14-15-59-13-11-40-26-5-3-4-23-24(26)20-50(36(23)56)28-6-7-31(53)47-35(28)55/h3-5,9-10,16-19,21,28,40H,6-8,11-15,20H2,1-2H3,(H2,45,46,57)(H,47,53,55). The number of imide groups is 1. The smallest absolute Gasteiger partial charge is 0.323 e. The Bertz CT molecular complexity index is 2390. The van der Waals surface area contributed by atoms with Crippen molar-refractivity contribution in [1.29, 1.82) is 0 Å². The van der Waals surface area contributed by atoms with Crippen LogP contribution in [0, 0.1) is 0 Å².